The molecule has 2 heteroatoms. The minimum Gasteiger partial charge on any atom is -0.390 e. The van der Waals surface area contributed by atoms with E-state index in [0.717, 1.165) is 6.54 Å². The lowest BCUT2D eigenvalue weighted by atomic mass is 10.1. The monoisotopic (exact) mass is 190 g/mol. The molecule has 0 aliphatic carbocycles. The first-order valence-corrected chi connectivity index (χ1v) is 4.97. The maximum absolute atomic E-state index is 3.27. The van der Waals surface area contributed by atoms with Gasteiger partial charge in [-0.2, -0.15) is 0 Å². The van der Waals surface area contributed by atoms with E-state index in [9.17, 15) is 0 Å². The molecule has 0 unspecified atom stereocenters. The zero-order chi connectivity index (χ0) is 10.4. The molecule has 0 aliphatic rings. The lowest BCUT2D eigenvalue weighted by Crippen LogP contribution is -2.03. The van der Waals surface area contributed by atoms with Crippen molar-refractivity contribution in [3.63, 3.8) is 0 Å². The first-order valence-electron chi connectivity index (χ1n) is 4.97. The van der Waals surface area contributed by atoms with E-state index >= 15 is 0 Å². The molecule has 14 heavy (non-hydrogen) atoms. The summed E-state index contributed by atoms with van der Waals surface area (Å²) < 4.78 is 0. The number of anilines is 1. The highest BCUT2D eigenvalue weighted by atomic mass is 14.9. The second-order valence-electron chi connectivity index (χ2n) is 3.30. The molecule has 0 aliphatic heterocycles. The Hall–Kier alpha value is -1.44. The van der Waals surface area contributed by atoms with Crippen molar-refractivity contribution in [2.45, 2.75) is 20.8 Å². The Morgan fingerprint density at radius 3 is 2.36 bits per heavy atom. The molecule has 1 rings (SSSR count). The Balaban J connectivity index is 2.66. The average Bonchev–Trinajstić information content (AvgIpc) is 2.16. The molecule has 76 valence electrons. The van der Waals surface area contributed by atoms with Gasteiger partial charge in [-0.25, -0.2) is 0 Å². The molecule has 1 aromatic carbocycles. The van der Waals surface area contributed by atoms with Crippen LogP contribution < -0.4 is 10.6 Å². The Bertz CT molecular complexity index is 296. The van der Waals surface area contributed by atoms with Crippen LogP contribution in [0.15, 0.2) is 30.6 Å². The van der Waals surface area contributed by atoms with E-state index in [1.54, 1.807) is 0 Å². The summed E-state index contributed by atoms with van der Waals surface area (Å²) in [5, 5.41) is 6.39. The van der Waals surface area contributed by atoms with Gasteiger partial charge in [0.05, 0.1) is 0 Å². The van der Waals surface area contributed by atoms with E-state index in [0.29, 0.717) is 0 Å². The van der Waals surface area contributed by atoms with Crippen LogP contribution in [0.1, 0.15) is 18.1 Å². The molecule has 0 spiro atoms. The molecule has 0 saturated heterocycles. The average molecular weight is 190 g/mol. The van der Waals surface area contributed by atoms with E-state index in [1.807, 2.05) is 12.4 Å². The third kappa shape index (κ3) is 2.80. The lowest BCUT2D eigenvalue weighted by Gasteiger charge is -2.08. The molecule has 0 saturated carbocycles. The number of hydrogen-bond donors (Lipinski definition) is 2. The van der Waals surface area contributed by atoms with Gasteiger partial charge in [0, 0.05) is 24.6 Å². The molecular formula is C12H18N2. The maximum atomic E-state index is 3.27. The topological polar surface area (TPSA) is 24.1 Å². The van der Waals surface area contributed by atoms with Crippen LogP contribution in [0.25, 0.3) is 0 Å². The number of aryl methyl sites for hydroxylation is 2. The fraction of sp³-hybridized carbons (Fsp3) is 0.333. The molecule has 0 atom stereocenters. The van der Waals surface area contributed by atoms with Crippen LogP contribution in [-0.2, 0) is 0 Å². The molecule has 0 radical (unpaired) electrons. The Labute approximate surface area is 86.0 Å². The highest BCUT2D eigenvalue weighted by Crippen LogP contribution is 2.18. The highest BCUT2D eigenvalue weighted by Gasteiger charge is 1.97. The van der Waals surface area contributed by atoms with E-state index in [4.69, 9.17) is 0 Å². The number of para-hydroxylation sites is 1. The minimum atomic E-state index is 0.949. The van der Waals surface area contributed by atoms with Gasteiger partial charge in [0.1, 0.15) is 0 Å². The number of hydrogen-bond acceptors (Lipinski definition) is 2. The molecule has 2 nitrogen and oxygen atoms in total. The molecule has 0 fully saturated rings. The van der Waals surface area contributed by atoms with Gasteiger partial charge >= 0.3 is 0 Å². The summed E-state index contributed by atoms with van der Waals surface area (Å²) in [5.74, 6) is 0. The van der Waals surface area contributed by atoms with Crippen LogP contribution in [0.2, 0.25) is 0 Å². The quantitative estimate of drug-likeness (QED) is 0.763. The standard InChI is InChI=1S/C12H18N2/c1-4-13-8-9-14-12-10(2)6-5-7-11(12)3/h5-9,13-14H,4H2,1-3H3/b9-8-. The molecule has 0 amide bonds. The van der Waals surface area contributed by atoms with Crippen molar-refractivity contribution in [1.82, 2.24) is 5.32 Å². The molecule has 0 aromatic heterocycles. The third-order valence-electron chi connectivity index (χ3n) is 2.11. The SMILES string of the molecule is CCN/C=C\Nc1c(C)cccc1C. The van der Waals surface area contributed by atoms with Crippen LogP contribution in [0.3, 0.4) is 0 Å². The molecule has 2 N–H and O–H groups in total. The summed E-state index contributed by atoms with van der Waals surface area (Å²) >= 11 is 0. The van der Waals surface area contributed by atoms with Gasteiger partial charge < -0.3 is 10.6 Å². The molecule has 0 bridgehead atoms. The summed E-state index contributed by atoms with van der Waals surface area (Å²) in [5.41, 5.74) is 3.74. The van der Waals surface area contributed by atoms with Gasteiger partial charge in [-0.1, -0.05) is 18.2 Å². The van der Waals surface area contributed by atoms with Gasteiger partial charge in [-0.3, -0.25) is 0 Å². The molecular weight excluding hydrogens is 172 g/mol. The van der Waals surface area contributed by atoms with Crippen molar-refractivity contribution >= 4 is 5.69 Å². The van der Waals surface area contributed by atoms with Crippen molar-refractivity contribution in [2.24, 2.45) is 0 Å². The molecule has 0 heterocycles. The van der Waals surface area contributed by atoms with Crippen molar-refractivity contribution in [3.05, 3.63) is 41.7 Å². The van der Waals surface area contributed by atoms with E-state index in [-0.39, 0.29) is 0 Å². The fourth-order valence-electron chi connectivity index (χ4n) is 1.34. The van der Waals surface area contributed by atoms with Gasteiger partial charge in [-0.15, -0.1) is 0 Å². The van der Waals surface area contributed by atoms with Crippen LogP contribution in [0, 0.1) is 13.8 Å². The third-order valence-corrected chi connectivity index (χ3v) is 2.11. The maximum Gasteiger partial charge on any atom is 0.0439 e. The zero-order valence-electron chi connectivity index (χ0n) is 9.09. The van der Waals surface area contributed by atoms with Crippen molar-refractivity contribution < 1.29 is 0 Å². The predicted octanol–water partition coefficient (Wildman–Crippen LogP) is 2.80. The minimum absolute atomic E-state index is 0.949. The summed E-state index contributed by atoms with van der Waals surface area (Å²) in [6, 6.07) is 6.29. The second-order valence-corrected chi connectivity index (χ2v) is 3.30. The summed E-state index contributed by atoms with van der Waals surface area (Å²) in [4.78, 5) is 0. The van der Waals surface area contributed by atoms with Crippen LogP contribution in [0.4, 0.5) is 5.69 Å². The Kier molecular flexibility index (Phi) is 4.05. The van der Waals surface area contributed by atoms with Gasteiger partial charge in [0.2, 0.25) is 0 Å². The van der Waals surface area contributed by atoms with Gasteiger partial charge in [0.15, 0.2) is 0 Å². The van der Waals surface area contributed by atoms with Crippen molar-refractivity contribution in [2.75, 3.05) is 11.9 Å². The van der Waals surface area contributed by atoms with Crippen molar-refractivity contribution in [1.29, 1.82) is 0 Å². The Morgan fingerprint density at radius 1 is 1.14 bits per heavy atom. The van der Waals surface area contributed by atoms with Gasteiger partial charge in [-0.05, 0) is 31.9 Å². The summed E-state index contributed by atoms with van der Waals surface area (Å²) in [7, 11) is 0. The van der Waals surface area contributed by atoms with E-state index in [1.165, 1.54) is 16.8 Å². The number of benzene rings is 1. The first-order chi connectivity index (χ1) is 6.75. The lowest BCUT2D eigenvalue weighted by molar-refractivity contribution is 0.918. The largest absolute Gasteiger partial charge is 0.390 e. The fourth-order valence-corrected chi connectivity index (χ4v) is 1.34. The number of rotatable bonds is 4. The van der Waals surface area contributed by atoms with Crippen LogP contribution in [-0.4, -0.2) is 6.54 Å². The zero-order valence-corrected chi connectivity index (χ0v) is 9.09. The van der Waals surface area contributed by atoms with E-state index < -0.39 is 0 Å². The normalized spacial score (nSPS) is 10.5. The van der Waals surface area contributed by atoms with Crippen LogP contribution >= 0.6 is 0 Å². The summed E-state index contributed by atoms with van der Waals surface area (Å²) in [6.45, 7) is 7.24. The number of nitrogens with one attached hydrogen (secondary N) is 2. The predicted molar refractivity (Wildman–Crippen MR) is 62.4 cm³/mol. The first kappa shape index (κ1) is 10.6. The van der Waals surface area contributed by atoms with Crippen molar-refractivity contribution in [3.8, 4) is 0 Å². The smallest absolute Gasteiger partial charge is 0.0439 e. The summed E-state index contributed by atoms with van der Waals surface area (Å²) in [6.07, 6.45) is 3.85. The van der Waals surface area contributed by atoms with E-state index in [2.05, 4.69) is 49.6 Å². The Morgan fingerprint density at radius 2 is 1.79 bits per heavy atom. The van der Waals surface area contributed by atoms with Gasteiger partial charge in [0.25, 0.3) is 0 Å². The highest BCUT2D eigenvalue weighted by molar-refractivity contribution is 5.58. The molecule has 1 aromatic rings. The second kappa shape index (κ2) is 5.32. The van der Waals surface area contributed by atoms with Crippen LogP contribution in [0.5, 0.6) is 0 Å².